The van der Waals surface area contributed by atoms with Crippen LogP contribution in [0, 0.1) is 0 Å². The quantitative estimate of drug-likeness (QED) is 0.210. The van der Waals surface area contributed by atoms with Gasteiger partial charge in [-0.3, -0.25) is 20.2 Å². The largest absolute Gasteiger partial charge is 0.492 e. The molecule has 0 bridgehead atoms. The molecule has 1 saturated heterocycles. The molecule has 0 saturated carbocycles. The fourth-order valence-corrected chi connectivity index (χ4v) is 4.77. The first kappa shape index (κ1) is 24.5. The number of hydrogen-bond donors (Lipinski definition) is 2. The fourth-order valence-electron chi connectivity index (χ4n) is 4.59. The smallest absolute Gasteiger partial charge is 0.263 e. The number of amides is 2. The van der Waals surface area contributed by atoms with Crippen molar-refractivity contribution in [1.29, 1.82) is 0 Å². The molecule has 3 aromatic carbocycles. The van der Waals surface area contributed by atoms with Crippen LogP contribution >= 0.6 is 12.2 Å². The van der Waals surface area contributed by atoms with Gasteiger partial charge < -0.3 is 9.30 Å². The van der Waals surface area contributed by atoms with E-state index in [1.54, 1.807) is 6.08 Å². The highest BCUT2D eigenvalue weighted by atomic mass is 32.1. The van der Waals surface area contributed by atoms with Gasteiger partial charge in [0.1, 0.15) is 17.9 Å². The molecule has 1 aliphatic heterocycles. The van der Waals surface area contributed by atoms with Crippen LogP contribution in [0.5, 0.6) is 5.75 Å². The summed E-state index contributed by atoms with van der Waals surface area (Å²) in [6.45, 7) is 5.50. The predicted octanol–water partition coefficient (Wildman–Crippen LogP) is 4.96. The Kier molecular flexibility index (Phi) is 6.63. The first-order valence-electron chi connectivity index (χ1n) is 12.1. The van der Waals surface area contributed by atoms with Gasteiger partial charge in [0, 0.05) is 28.1 Å². The minimum Gasteiger partial charge on any atom is -0.492 e. The number of carbonyl (C=O) groups is 2. The van der Waals surface area contributed by atoms with Crippen LogP contribution in [0.2, 0.25) is 0 Å². The average Bonchev–Trinajstić information content (AvgIpc) is 3.24. The van der Waals surface area contributed by atoms with Crippen molar-refractivity contribution in [2.45, 2.75) is 25.8 Å². The van der Waals surface area contributed by atoms with Crippen LogP contribution in [-0.4, -0.2) is 28.1 Å². The second-order valence-corrected chi connectivity index (χ2v) is 9.86. The Hall–Kier alpha value is -4.23. The van der Waals surface area contributed by atoms with Gasteiger partial charge in [-0.2, -0.15) is 0 Å². The number of para-hydroxylation sites is 1. The van der Waals surface area contributed by atoms with E-state index in [4.69, 9.17) is 17.0 Å². The molecular weight excluding hydrogens is 482 g/mol. The number of ether oxygens (including phenoxy) is 1. The van der Waals surface area contributed by atoms with E-state index in [9.17, 15) is 9.59 Å². The summed E-state index contributed by atoms with van der Waals surface area (Å²) in [5.74, 6) is -0.210. The van der Waals surface area contributed by atoms with E-state index in [-0.39, 0.29) is 16.1 Å². The van der Waals surface area contributed by atoms with E-state index in [0.717, 1.165) is 22.2 Å². The maximum Gasteiger partial charge on any atom is 0.263 e. The molecule has 0 radical (unpaired) electrons. The van der Waals surface area contributed by atoms with E-state index in [1.165, 1.54) is 11.1 Å². The molecule has 1 aromatic heterocycles. The van der Waals surface area contributed by atoms with E-state index >= 15 is 0 Å². The monoisotopic (exact) mass is 509 g/mol. The minimum absolute atomic E-state index is 0.0170. The van der Waals surface area contributed by atoms with Crippen molar-refractivity contribution in [2.24, 2.45) is 0 Å². The Balaban J connectivity index is 1.30. The lowest BCUT2D eigenvalue weighted by atomic mass is 9.78. The third kappa shape index (κ3) is 5.04. The summed E-state index contributed by atoms with van der Waals surface area (Å²) in [6.07, 6.45) is 3.53. The van der Waals surface area contributed by atoms with Crippen molar-refractivity contribution in [2.75, 3.05) is 6.61 Å². The Morgan fingerprint density at radius 1 is 0.865 bits per heavy atom. The number of nitrogens with one attached hydrogen (secondary N) is 2. The molecule has 5 rings (SSSR count). The van der Waals surface area contributed by atoms with Gasteiger partial charge in [0.15, 0.2) is 5.11 Å². The molecular formula is C30H27N3O3S. The Morgan fingerprint density at radius 2 is 1.49 bits per heavy atom. The summed E-state index contributed by atoms with van der Waals surface area (Å²) in [7, 11) is 0. The maximum absolute atomic E-state index is 12.3. The molecule has 0 aliphatic carbocycles. The highest BCUT2D eigenvalue weighted by Gasteiger charge is 2.26. The van der Waals surface area contributed by atoms with Crippen LogP contribution in [0.3, 0.4) is 0 Å². The van der Waals surface area contributed by atoms with Crippen molar-refractivity contribution >= 4 is 46.1 Å². The lowest BCUT2D eigenvalue weighted by Crippen LogP contribution is -2.51. The van der Waals surface area contributed by atoms with Crippen LogP contribution in [-0.2, 0) is 21.5 Å². The van der Waals surface area contributed by atoms with Crippen LogP contribution in [0.15, 0.2) is 90.6 Å². The third-order valence-electron chi connectivity index (χ3n) is 6.74. The summed E-state index contributed by atoms with van der Waals surface area (Å²) in [5, 5.41) is 5.91. The first-order chi connectivity index (χ1) is 17.8. The van der Waals surface area contributed by atoms with E-state index in [1.807, 2.05) is 48.7 Å². The second-order valence-electron chi connectivity index (χ2n) is 9.45. The number of benzene rings is 3. The van der Waals surface area contributed by atoms with Gasteiger partial charge in [0.05, 0.1) is 6.54 Å². The molecule has 2 heterocycles. The molecule has 6 nitrogen and oxygen atoms in total. The number of rotatable bonds is 7. The van der Waals surface area contributed by atoms with Gasteiger partial charge in [-0.05, 0) is 47.6 Å². The molecule has 0 atom stereocenters. The maximum atomic E-state index is 12.3. The van der Waals surface area contributed by atoms with E-state index < -0.39 is 11.8 Å². The number of hydrogen-bond acceptors (Lipinski definition) is 4. The number of nitrogens with zero attached hydrogens (tertiary/aromatic N) is 1. The van der Waals surface area contributed by atoms with Gasteiger partial charge in [0.25, 0.3) is 11.8 Å². The molecule has 37 heavy (non-hydrogen) atoms. The Labute approximate surface area is 220 Å². The Morgan fingerprint density at radius 3 is 2.19 bits per heavy atom. The normalized spacial score (nSPS) is 13.9. The zero-order valence-corrected chi connectivity index (χ0v) is 21.5. The fraction of sp³-hybridized carbons (Fsp3) is 0.167. The highest BCUT2D eigenvalue weighted by Crippen LogP contribution is 2.32. The molecule has 7 heteroatoms. The second kappa shape index (κ2) is 10.0. The molecule has 186 valence electrons. The predicted molar refractivity (Wildman–Crippen MR) is 149 cm³/mol. The number of carbonyl (C=O) groups excluding carboxylic acids is 2. The van der Waals surface area contributed by atoms with Gasteiger partial charge in [0.2, 0.25) is 0 Å². The lowest BCUT2D eigenvalue weighted by molar-refractivity contribution is -0.123. The SMILES string of the molecule is CC(C)(c1ccccc1)c1ccc(OCCn2cc(C=C3C(=O)NC(=S)NC3=O)c3ccccc32)cc1. The van der Waals surface area contributed by atoms with Gasteiger partial charge in [-0.1, -0.05) is 74.5 Å². The van der Waals surface area contributed by atoms with Crippen LogP contribution in [0.4, 0.5) is 0 Å². The van der Waals surface area contributed by atoms with Crippen molar-refractivity contribution in [3.63, 3.8) is 0 Å². The van der Waals surface area contributed by atoms with E-state index in [2.05, 4.69) is 65.4 Å². The minimum atomic E-state index is -0.507. The summed E-state index contributed by atoms with van der Waals surface area (Å²) < 4.78 is 8.13. The standard InChI is InChI=1S/C30H27N3O3S/c1-30(2,21-8-4-3-5-9-21)22-12-14-23(15-13-22)36-17-16-33-19-20(24-10-6-7-11-26(24)33)18-25-27(34)31-29(37)32-28(25)35/h3-15,18-19H,16-17H2,1-2H3,(H2,31,32,34,35,37). The van der Waals surface area contributed by atoms with Crippen molar-refractivity contribution in [1.82, 2.24) is 15.2 Å². The average molecular weight is 510 g/mol. The number of fused-ring (bicyclic) bond motifs is 1. The zero-order chi connectivity index (χ0) is 26.0. The van der Waals surface area contributed by atoms with Gasteiger partial charge in [-0.25, -0.2) is 0 Å². The number of thiocarbonyl (C=S) groups is 1. The van der Waals surface area contributed by atoms with Crippen molar-refractivity contribution in [3.05, 3.63) is 107 Å². The zero-order valence-electron chi connectivity index (χ0n) is 20.7. The first-order valence-corrected chi connectivity index (χ1v) is 12.5. The Bertz CT molecular complexity index is 1500. The number of aromatic nitrogens is 1. The molecule has 2 N–H and O–H groups in total. The molecule has 1 aliphatic rings. The summed E-state index contributed by atoms with van der Waals surface area (Å²) in [4.78, 5) is 24.6. The molecule has 0 unspecified atom stereocenters. The van der Waals surface area contributed by atoms with Crippen molar-refractivity contribution < 1.29 is 14.3 Å². The van der Waals surface area contributed by atoms with E-state index in [0.29, 0.717) is 13.2 Å². The highest BCUT2D eigenvalue weighted by molar-refractivity contribution is 7.80. The molecule has 0 spiro atoms. The van der Waals surface area contributed by atoms with Crippen LogP contribution in [0.25, 0.3) is 17.0 Å². The molecule has 1 fully saturated rings. The molecule has 2 amide bonds. The molecule has 4 aromatic rings. The van der Waals surface area contributed by atoms with Crippen LogP contribution < -0.4 is 15.4 Å². The topological polar surface area (TPSA) is 72.4 Å². The van der Waals surface area contributed by atoms with Crippen molar-refractivity contribution in [3.8, 4) is 5.75 Å². The lowest BCUT2D eigenvalue weighted by Gasteiger charge is -2.26. The van der Waals surface area contributed by atoms with Crippen LogP contribution in [0.1, 0.15) is 30.5 Å². The van der Waals surface area contributed by atoms with Gasteiger partial charge >= 0.3 is 0 Å². The summed E-state index contributed by atoms with van der Waals surface area (Å²) in [5.41, 5.74) is 4.16. The summed E-state index contributed by atoms with van der Waals surface area (Å²) in [6, 6.07) is 26.6. The summed E-state index contributed by atoms with van der Waals surface area (Å²) >= 11 is 4.88. The third-order valence-corrected chi connectivity index (χ3v) is 6.94. The van der Waals surface area contributed by atoms with Gasteiger partial charge in [-0.15, -0.1) is 0 Å².